The number of benzene rings is 2. The number of rotatable bonds is 6. The number of hydrogen-bond acceptors (Lipinski definition) is 5. The van der Waals surface area contributed by atoms with Gasteiger partial charge in [0.05, 0.1) is 28.6 Å². The van der Waals surface area contributed by atoms with Gasteiger partial charge in [0, 0.05) is 18.0 Å². The summed E-state index contributed by atoms with van der Waals surface area (Å²) in [4.78, 5) is 12.7. The molecule has 1 aliphatic carbocycles. The van der Waals surface area contributed by atoms with Crippen LogP contribution in [0.2, 0.25) is 0 Å². The number of nitrogens with one attached hydrogen (secondary N) is 3. The van der Waals surface area contributed by atoms with Crippen LogP contribution in [0.3, 0.4) is 0 Å². The van der Waals surface area contributed by atoms with Crippen LogP contribution in [-0.2, 0) is 16.0 Å². The highest BCUT2D eigenvalue weighted by Gasteiger charge is 2.43. The molecule has 0 spiro atoms. The largest absolute Gasteiger partial charge is 0.416 e. The molecule has 4 rings (SSSR count). The minimum Gasteiger partial charge on any atom is -0.396 e. The highest BCUT2D eigenvalue weighted by molar-refractivity contribution is 7.92. The van der Waals surface area contributed by atoms with Gasteiger partial charge >= 0.3 is 12.2 Å². The van der Waals surface area contributed by atoms with Gasteiger partial charge in [-0.15, -0.1) is 0 Å². The quantitative estimate of drug-likeness (QED) is 0.470. The zero-order chi connectivity index (χ0) is 25.2. The third-order valence-electron chi connectivity index (χ3n) is 6.27. The van der Waals surface area contributed by atoms with Gasteiger partial charge in [-0.25, -0.2) is 13.2 Å². The molecule has 1 fully saturated rings. The van der Waals surface area contributed by atoms with Gasteiger partial charge < -0.3 is 21.1 Å². The van der Waals surface area contributed by atoms with Crippen molar-refractivity contribution < 1.29 is 31.5 Å². The summed E-state index contributed by atoms with van der Waals surface area (Å²) >= 11 is 0. The fourth-order valence-electron chi connectivity index (χ4n) is 4.59. The molecule has 11 heteroatoms. The Morgan fingerprint density at radius 3 is 2.49 bits per heavy atom. The van der Waals surface area contributed by atoms with E-state index in [1.165, 1.54) is 12.1 Å². The Kier molecular flexibility index (Phi) is 7.09. The number of halogens is 3. The molecular weight excluding hydrogens is 483 g/mol. The van der Waals surface area contributed by atoms with E-state index in [0.717, 1.165) is 23.4 Å². The van der Waals surface area contributed by atoms with Gasteiger partial charge in [0.1, 0.15) is 0 Å². The average Bonchev–Trinajstić information content (AvgIpc) is 2.81. The monoisotopic (exact) mass is 509 g/mol. The summed E-state index contributed by atoms with van der Waals surface area (Å²) in [5.41, 5.74) is 1.69. The second kappa shape index (κ2) is 9.90. The molecule has 4 N–H and O–H groups in total. The van der Waals surface area contributed by atoms with Crippen LogP contribution in [0.25, 0.3) is 6.08 Å². The van der Waals surface area contributed by atoms with Crippen LogP contribution in [0, 0.1) is 0 Å². The number of para-hydroxylation sites is 1. The van der Waals surface area contributed by atoms with Crippen molar-refractivity contribution in [2.75, 3.05) is 23.0 Å². The van der Waals surface area contributed by atoms with E-state index in [0.29, 0.717) is 18.4 Å². The maximum atomic E-state index is 13.0. The van der Waals surface area contributed by atoms with Crippen LogP contribution in [0.5, 0.6) is 0 Å². The van der Waals surface area contributed by atoms with E-state index in [9.17, 15) is 26.4 Å². The highest BCUT2D eigenvalue weighted by Crippen LogP contribution is 2.38. The number of urea groups is 1. The molecule has 188 valence electrons. The lowest BCUT2D eigenvalue weighted by Crippen LogP contribution is -2.55. The molecule has 0 radical (unpaired) electrons. The van der Waals surface area contributed by atoms with E-state index < -0.39 is 44.9 Å². The second-order valence-electron chi connectivity index (χ2n) is 8.64. The lowest BCUT2D eigenvalue weighted by Gasteiger charge is -2.42. The van der Waals surface area contributed by atoms with Gasteiger partial charge in [0.2, 0.25) is 0 Å². The normalized spacial score (nSPS) is 21.7. The standard InChI is InChI=1S/C24H26F3N3O4S/c25-24(26,27)16-6-8-17(9-7-16)28-23(32)30-20-10-11-21(35(33,34)13-3-12-31)18-14-15-4-1-2-5-19(15)29-22(18)20/h1-2,4-9,14,20-22,29,31H,3,10-13H2,(H2,28,30,32). The molecule has 1 heterocycles. The number of aliphatic hydroxyl groups is 1. The SMILES string of the molecule is O=C(Nc1ccc(C(F)(F)F)cc1)NC1CCC(S(=O)(=O)CCCO)C2=Cc3ccccc3NC21. The first-order valence-corrected chi connectivity index (χ1v) is 12.9. The summed E-state index contributed by atoms with van der Waals surface area (Å²) in [6.45, 7) is -0.218. The number of alkyl halides is 3. The summed E-state index contributed by atoms with van der Waals surface area (Å²) in [6.07, 6.45) is -1.80. The van der Waals surface area contributed by atoms with Gasteiger partial charge in [-0.3, -0.25) is 0 Å². The summed E-state index contributed by atoms with van der Waals surface area (Å²) in [7, 11) is -3.52. The van der Waals surface area contributed by atoms with Gasteiger partial charge in [-0.2, -0.15) is 13.2 Å². The van der Waals surface area contributed by atoms with Crippen molar-refractivity contribution in [1.82, 2.24) is 5.32 Å². The third kappa shape index (κ3) is 5.62. The molecule has 3 atom stereocenters. The van der Waals surface area contributed by atoms with E-state index in [4.69, 9.17) is 5.11 Å². The molecular formula is C24H26F3N3O4S. The van der Waals surface area contributed by atoms with Gasteiger partial charge in [0.15, 0.2) is 9.84 Å². The van der Waals surface area contributed by atoms with Crippen LogP contribution in [0.15, 0.2) is 54.1 Å². The van der Waals surface area contributed by atoms with Crippen LogP contribution in [-0.4, -0.2) is 49.2 Å². The van der Waals surface area contributed by atoms with E-state index in [1.54, 1.807) is 0 Å². The second-order valence-corrected chi connectivity index (χ2v) is 10.9. The number of fused-ring (bicyclic) bond motifs is 2. The van der Waals surface area contributed by atoms with Crippen molar-refractivity contribution in [2.24, 2.45) is 0 Å². The molecule has 2 aliphatic rings. The number of carbonyl (C=O) groups excluding carboxylic acids is 1. The Balaban J connectivity index is 1.53. The number of anilines is 2. The zero-order valence-corrected chi connectivity index (χ0v) is 19.5. The van der Waals surface area contributed by atoms with Crippen molar-refractivity contribution in [3.05, 3.63) is 65.2 Å². The van der Waals surface area contributed by atoms with Crippen LogP contribution < -0.4 is 16.0 Å². The molecule has 1 saturated carbocycles. The Morgan fingerprint density at radius 1 is 1.09 bits per heavy atom. The zero-order valence-electron chi connectivity index (χ0n) is 18.7. The smallest absolute Gasteiger partial charge is 0.396 e. The summed E-state index contributed by atoms with van der Waals surface area (Å²) in [5.74, 6) is -0.133. The van der Waals surface area contributed by atoms with Crippen molar-refractivity contribution in [3.63, 3.8) is 0 Å². The molecule has 2 amide bonds. The molecule has 2 aromatic carbocycles. The first-order valence-electron chi connectivity index (χ1n) is 11.2. The van der Waals surface area contributed by atoms with Crippen molar-refractivity contribution in [2.45, 2.75) is 42.8 Å². The maximum Gasteiger partial charge on any atom is 0.416 e. The van der Waals surface area contributed by atoms with Gasteiger partial charge in [-0.1, -0.05) is 24.3 Å². The van der Waals surface area contributed by atoms with Crippen molar-refractivity contribution in [3.8, 4) is 0 Å². The number of sulfone groups is 1. The van der Waals surface area contributed by atoms with Gasteiger partial charge in [-0.05, 0) is 60.7 Å². The van der Waals surface area contributed by atoms with Crippen LogP contribution in [0.1, 0.15) is 30.4 Å². The molecule has 0 saturated heterocycles. The van der Waals surface area contributed by atoms with E-state index in [1.807, 2.05) is 30.3 Å². The minimum absolute atomic E-state index is 0.133. The minimum atomic E-state index is -4.47. The maximum absolute atomic E-state index is 13.0. The Hall–Kier alpha value is -3.05. The number of carbonyl (C=O) groups is 1. The molecule has 3 unspecified atom stereocenters. The van der Waals surface area contributed by atoms with Crippen LogP contribution >= 0.6 is 0 Å². The molecule has 2 aromatic rings. The first-order chi connectivity index (χ1) is 16.6. The number of amides is 2. The Bertz CT molecular complexity index is 1210. The molecule has 0 aromatic heterocycles. The van der Waals surface area contributed by atoms with Crippen molar-refractivity contribution >= 4 is 33.3 Å². The lowest BCUT2D eigenvalue weighted by atomic mass is 9.82. The number of aliphatic hydroxyl groups excluding tert-OH is 1. The highest BCUT2D eigenvalue weighted by atomic mass is 32.2. The molecule has 7 nitrogen and oxygen atoms in total. The number of hydrogen-bond donors (Lipinski definition) is 4. The fraction of sp³-hybridized carbons (Fsp3) is 0.375. The van der Waals surface area contributed by atoms with E-state index in [-0.39, 0.29) is 24.5 Å². The summed E-state index contributed by atoms with van der Waals surface area (Å²) in [6, 6.07) is 10.0. The Morgan fingerprint density at radius 2 is 1.80 bits per heavy atom. The summed E-state index contributed by atoms with van der Waals surface area (Å²) in [5, 5.41) is 17.1. The Labute approximate surface area is 201 Å². The average molecular weight is 510 g/mol. The predicted molar refractivity (Wildman–Crippen MR) is 128 cm³/mol. The first kappa shape index (κ1) is 25.1. The van der Waals surface area contributed by atoms with Crippen molar-refractivity contribution in [1.29, 1.82) is 0 Å². The summed E-state index contributed by atoms with van der Waals surface area (Å²) < 4.78 is 64.4. The van der Waals surface area contributed by atoms with Crippen LogP contribution in [0.4, 0.5) is 29.3 Å². The molecule has 35 heavy (non-hydrogen) atoms. The third-order valence-corrected chi connectivity index (χ3v) is 8.51. The van der Waals surface area contributed by atoms with E-state index >= 15 is 0 Å². The predicted octanol–water partition coefficient (Wildman–Crippen LogP) is 4.03. The lowest BCUT2D eigenvalue weighted by molar-refractivity contribution is -0.137. The topological polar surface area (TPSA) is 108 Å². The fourth-order valence-corrected chi connectivity index (χ4v) is 6.53. The molecule has 1 aliphatic heterocycles. The van der Waals surface area contributed by atoms with E-state index in [2.05, 4.69) is 16.0 Å². The molecule has 0 bridgehead atoms. The van der Waals surface area contributed by atoms with Gasteiger partial charge in [0.25, 0.3) is 0 Å².